The molecule has 0 amide bonds. The molecule has 2 rings (SSSR count). The van der Waals surface area contributed by atoms with Crippen molar-refractivity contribution in [2.75, 3.05) is 0 Å². The number of carbonyl (C=O) groups is 1. The van der Waals surface area contributed by atoms with Crippen molar-refractivity contribution >= 4 is 34.5 Å². The number of hydrogen-bond acceptors (Lipinski definition) is 3. The van der Waals surface area contributed by atoms with E-state index in [1.807, 2.05) is 12.1 Å². The molecule has 2 heterocycles. The van der Waals surface area contributed by atoms with E-state index in [0.29, 0.717) is 0 Å². The first-order chi connectivity index (χ1) is 7.25. The van der Waals surface area contributed by atoms with Crippen LogP contribution in [0.3, 0.4) is 0 Å². The number of carbonyl (C=O) groups excluding carboxylic acids is 1. The average Bonchev–Trinajstić information content (AvgIpc) is 2.85. The van der Waals surface area contributed by atoms with Gasteiger partial charge in [-0.1, -0.05) is 6.07 Å². The van der Waals surface area contributed by atoms with Crippen molar-refractivity contribution in [3.05, 3.63) is 39.9 Å². The maximum Gasteiger partial charge on any atom is 0.152 e. The second-order valence-electron chi connectivity index (χ2n) is 3.16. The first kappa shape index (κ1) is 10.3. The maximum atomic E-state index is 10.8. The van der Waals surface area contributed by atoms with Gasteiger partial charge in [0.15, 0.2) is 5.78 Å². The van der Waals surface area contributed by atoms with Gasteiger partial charge in [-0.25, -0.2) is 0 Å². The van der Waals surface area contributed by atoms with Crippen LogP contribution in [0.5, 0.6) is 0 Å². The fourth-order valence-electron chi connectivity index (χ4n) is 1.21. The fraction of sp³-hybridized carbons (Fsp3) is 0.0833. The van der Waals surface area contributed by atoms with Gasteiger partial charge in [0.1, 0.15) is 0 Å². The zero-order valence-electron chi connectivity index (χ0n) is 8.27. The van der Waals surface area contributed by atoms with Gasteiger partial charge in [0.25, 0.3) is 0 Å². The lowest BCUT2D eigenvalue weighted by Gasteiger charge is -1.87. The molecular formula is C12H10OS2. The molecule has 3 heteroatoms. The Morgan fingerprint density at radius 3 is 2.93 bits per heavy atom. The number of hydrogen-bond donors (Lipinski definition) is 0. The molecular weight excluding hydrogens is 224 g/mol. The maximum absolute atomic E-state index is 10.8. The molecule has 2 aromatic heterocycles. The van der Waals surface area contributed by atoms with Gasteiger partial charge < -0.3 is 0 Å². The molecule has 1 nitrogen and oxygen atoms in total. The summed E-state index contributed by atoms with van der Waals surface area (Å²) in [4.78, 5) is 13.2. The van der Waals surface area contributed by atoms with Gasteiger partial charge in [0.05, 0.1) is 0 Å². The predicted molar refractivity (Wildman–Crippen MR) is 67.3 cm³/mol. The van der Waals surface area contributed by atoms with Crippen molar-refractivity contribution in [2.45, 2.75) is 6.92 Å². The van der Waals surface area contributed by atoms with Crippen molar-refractivity contribution in [1.82, 2.24) is 0 Å². The molecule has 0 atom stereocenters. The molecule has 0 aliphatic carbocycles. The first-order valence-corrected chi connectivity index (χ1v) is 6.33. The Bertz CT molecular complexity index is 477. The number of ketones is 1. The topological polar surface area (TPSA) is 17.1 Å². The van der Waals surface area contributed by atoms with E-state index in [4.69, 9.17) is 0 Å². The van der Waals surface area contributed by atoms with Crippen LogP contribution in [-0.4, -0.2) is 5.78 Å². The Kier molecular flexibility index (Phi) is 3.14. The molecule has 0 spiro atoms. The van der Waals surface area contributed by atoms with E-state index in [2.05, 4.69) is 22.9 Å². The summed E-state index contributed by atoms with van der Waals surface area (Å²) >= 11 is 3.39. The monoisotopic (exact) mass is 234 g/mol. The molecule has 0 saturated carbocycles. The van der Waals surface area contributed by atoms with E-state index < -0.39 is 0 Å². The number of thiophene rings is 2. The highest BCUT2D eigenvalue weighted by molar-refractivity contribution is 7.15. The van der Waals surface area contributed by atoms with Gasteiger partial charge in [-0.3, -0.25) is 4.79 Å². The van der Waals surface area contributed by atoms with Gasteiger partial charge in [-0.2, -0.15) is 0 Å². The third-order valence-electron chi connectivity index (χ3n) is 1.91. The summed E-state index contributed by atoms with van der Waals surface area (Å²) in [5, 5.41) is 4.18. The number of rotatable bonds is 3. The average molecular weight is 234 g/mol. The van der Waals surface area contributed by atoms with E-state index in [1.54, 1.807) is 35.7 Å². The van der Waals surface area contributed by atoms with Crippen LogP contribution in [-0.2, 0) is 4.79 Å². The van der Waals surface area contributed by atoms with Crippen molar-refractivity contribution < 1.29 is 4.79 Å². The van der Waals surface area contributed by atoms with E-state index in [-0.39, 0.29) is 5.78 Å². The van der Waals surface area contributed by atoms with Crippen LogP contribution in [0.15, 0.2) is 35.0 Å². The molecule has 0 unspecified atom stereocenters. The Morgan fingerprint density at radius 1 is 1.40 bits per heavy atom. The van der Waals surface area contributed by atoms with Crippen LogP contribution >= 0.6 is 22.7 Å². The zero-order chi connectivity index (χ0) is 10.7. The third kappa shape index (κ3) is 2.64. The Hall–Kier alpha value is -1.19. The van der Waals surface area contributed by atoms with Crippen LogP contribution in [0.25, 0.3) is 16.5 Å². The minimum atomic E-state index is 0.0843. The summed E-state index contributed by atoms with van der Waals surface area (Å²) in [6.45, 7) is 1.56. The van der Waals surface area contributed by atoms with Crippen molar-refractivity contribution in [3.63, 3.8) is 0 Å². The van der Waals surface area contributed by atoms with E-state index in [0.717, 1.165) is 4.88 Å². The summed E-state index contributed by atoms with van der Waals surface area (Å²) < 4.78 is 0. The van der Waals surface area contributed by atoms with Gasteiger partial charge in [0, 0.05) is 15.3 Å². The largest absolute Gasteiger partial charge is 0.295 e. The zero-order valence-corrected chi connectivity index (χ0v) is 9.90. The third-order valence-corrected chi connectivity index (χ3v) is 3.72. The highest BCUT2D eigenvalue weighted by Crippen LogP contribution is 2.29. The molecule has 0 bridgehead atoms. The molecule has 0 N–H and O–H groups in total. The first-order valence-electron chi connectivity index (χ1n) is 4.57. The lowest BCUT2D eigenvalue weighted by atomic mass is 10.2. The quantitative estimate of drug-likeness (QED) is 0.731. The lowest BCUT2D eigenvalue weighted by Crippen LogP contribution is -1.77. The Labute approximate surface area is 96.7 Å². The molecule has 2 aromatic rings. The summed E-state index contributed by atoms with van der Waals surface area (Å²) in [6, 6.07) is 6.25. The highest BCUT2D eigenvalue weighted by Gasteiger charge is 2.00. The minimum absolute atomic E-state index is 0.0843. The molecule has 0 fully saturated rings. The van der Waals surface area contributed by atoms with E-state index in [1.165, 1.54) is 10.4 Å². The van der Waals surface area contributed by atoms with Gasteiger partial charge in [-0.05, 0) is 42.0 Å². The van der Waals surface area contributed by atoms with Crippen LogP contribution < -0.4 is 0 Å². The van der Waals surface area contributed by atoms with Crippen LogP contribution in [0, 0.1) is 0 Å². The van der Waals surface area contributed by atoms with E-state index >= 15 is 0 Å². The molecule has 0 saturated heterocycles. The fourth-order valence-corrected chi connectivity index (χ4v) is 2.80. The summed E-state index contributed by atoms with van der Waals surface area (Å²) in [7, 11) is 0. The Balaban J connectivity index is 2.21. The summed E-state index contributed by atoms with van der Waals surface area (Å²) in [5.74, 6) is 0.0843. The SMILES string of the molecule is CC(=O)C=Cc1cc(-c2cccs2)cs1. The molecule has 76 valence electrons. The minimum Gasteiger partial charge on any atom is -0.295 e. The highest BCUT2D eigenvalue weighted by atomic mass is 32.1. The second-order valence-corrected chi connectivity index (χ2v) is 5.05. The van der Waals surface area contributed by atoms with Gasteiger partial charge in [0.2, 0.25) is 0 Å². The second kappa shape index (κ2) is 4.55. The Morgan fingerprint density at radius 2 is 2.27 bits per heavy atom. The van der Waals surface area contributed by atoms with Crippen molar-refractivity contribution in [3.8, 4) is 10.4 Å². The molecule has 0 aromatic carbocycles. The predicted octanol–water partition coefficient (Wildman–Crippen LogP) is 4.08. The smallest absolute Gasteiger partial charge is 0.152 e. The van der Waals surface area contributed by atoms with E-state index in [9.17, 15) is 4.79 Å². The lowest BCUT2D eigenvalue weighted by molar-refractivity contribution is -0.112. The standard InChI is InChI=1S/C12H10OS2/c1-9(13)4-5-11-7-10(8-15-11)12-3-2-6-14-12/h2-8H,1H3. The van der Waals surface area contributed by atoms with Gasteiger partial charge >= 0.3 is 0 Å². The molecule has 0 aliphatic rings. The van der Waals surface area contributed by atoms with Crippen molar-refractivity contribution in [2.24, 2.45) is 0 Å². The van der Waals surface area contributed by atoms with Crippen LogP contribution in [0.1, 0.15) is 11.8 Å². The van der Waals surface area contributed by atoms with Crippen LogP contribution in [0.2, 0.25) is 0 Å². The van der Waals surface area contributed by atoms with Crippen molar-refractivity contribution in [1.29, 1.82) is 0 Å². The normalized spacial score (nSPS) is 11.0. The summed E-state index contributed by atoms with van der Waals surface area (Å²) in [6.07, 6.45) is 3.47. The summed E-state index contributed by atoms with van der Waals surface area (Å²) in [5.41, 5.74) is 1.23. The number of allylic oxidation sites excluding steroid dienone is 1. The molecule has 0 aliphatic heterocycles. The van der Waals surface area contributed by atoms with Crippen LogP contribution in [0.4, 0.5) is 0 Å². The molecule has 15 heavy (non-hydrogen) atoms. The van der Waals surface area contributed by atoms with Gasteiger partial charge in [-0.15, -0.1) is 22.7 Å². The molecule has 0 radical (unpaired) electrons.